The van der Waals surface area contributed by atoms with E-state index < -0.39 is 29.4 Å². The Morgan fingerprint density at radius 3 is 2.50 bits per heavy atom. The van der Waals surface area contributed by atoms with Crippen molar-refractivity contribution in [1.82, 2.24) is 9.55 Å². The normalized spacial score (nSPS) is 11.2. The fourth-order valence-corrected chi connectivity index (χ4v) is 4.32. The Kier molecular flexibility index (Phi) is 4.99. The Balaban J connectivity index is 1.82. The maximum atomic E-state index is 13.5. The zero-order valence-electron chi connectivity index (χ0n) is 16.7. The molecule has 0 saturated carbocycles. The van der Waals surface area contributed by atoms with E-state index in [0.717, 1.165) is 26.8 Å². The molecule has 0 fully saturated rings. The van der Waals surface area contributed by atoms with Crippen LogP contribution < -0.4 is 11.2 Å². The molecule has 4 rings (SSSR count). The Labute approximate surface area is 175 Å². The number of rotatable bonds is 4. The third kappa shape index (κ3) is 3.41. The topological polar surface area (TPSA) is 71.9 Å². The molecule has 0 aliphatic heterocycles. The van der Waals surface area contributed by atoms with Gasteiger partial charge in [0, 0.05) is 16.5 Å². The van der Waals surface area contributed by atoms with Gasteiger partial charge in [0.05, 0.1) is 11.9 Å². The van der Waals surface area contributed by atoms with Gasteiger partial charge in [-0.1, -0.05) is 18.2 Å². The van der Waals surface area contributed by atoms with Crippen molar-refractivity contribution in [2.45, 2.75) is 27.3 Å². The molecule has 4 aromatic rings. The van der Waals surface area contributed by atoms with Crippen LogP contribution in [-0.2, 0) is 6.54 Å². The molecule has 30 heavy (non-hydrogen) atoms. The highest BCUT2D eigenvalue weighted by Gasteiger charge is 2.18. The lowest BCUT2D eigenvalue weighted by Crippen LogP contribution is -2.37. The van der Waals surface area contributed by atoms with Crippen LogP contribution in [0, 0.1) is 26.6 Å². The number of hydrogen-bond acceptors (Lipinski definition) is 4. The monoisotopic (exact) mass is 422 g/mol. The maximum absolute atomic E-state index is 13.5. The van der Waals surface area contributed by atoms with Gasteiger partial charge in [-0.15, -0.1) is 11.3 Å². The second-order valence-corrected chi connectivity index (χ2v) is 8.24. The third-order valence-electron chi connectivity index (χ3n) is 5.32. The molecule has 0 aliphatic carbocycles. The second kappa shape index (κ2) is 7.50. The van der Waals surface area contributed by atoms with Crippen molar-refractivity contribution in [3.05, 3.63) is 90.7 Å². The first-order valence-electron chi connectivity index (χ1n) is 9.37. The summed E-state index contributed by atoms with van der Waals surface area (Å²) in [5, 5.41) is 2.22. The highest BCUT2D eigenvalue weighted by atomic mass is 32.1. The summed E-state index contributed by atoms with van der Waals surface area (Å²) in [6.07, 6.45) is 0. The molecule has 0 spiro atoms. The van der Waals surface area contributed by atoms with E-state index in [1.165, 1.54) is 29.5 Å². The number of benzene rings is 2. The van der Waals surface area contributed by atoms with E-state index in [1.807, 2.05) is 37.4 Å². The highest BCUT2D eigenvalue weighted by Crippen LogP contribution is 2.31. The van der Waals surface area contributed by atoms with Gasteiger partial charge < -0.3 is 0 Å². The third-order valence-corrected chi connectivity index (χ3v) is 6.21. The van der Waals surface area contributed by atoms with Crippen LogP contribution in [0.3, 0.4) is 0 Å². The lowest BCUT2D eigenvalue weighted by molar-refractivity contribution is 0.0969. The summed E-state index contributed by atoms with van der Waals surface area (Å²) in [7, 11) is 0. The number of thiophene rings is 1. The van der Waals surface area contributed by atoms with Crippen LogP contribution in [-0.4, -0.2) is 15.3 Å². The minimum Gasteiger partial charge on any atom is -0.298 e. The summed E-state index contributed by atoms with van der Waals surface area (Å²) in [5.74, 6) is -0.854. The van der Waals surface area contributed by atoms with Crippen LogP contribution in [0.15, 0.2) is 51.4 Å². The Morgan fingerprint density at radius 1 is 1.03 bits per heavy atom. The average Bonchev–Trinajstić information content (AvgIpc) is 3.13. The number of nitrogens with one attached hydrogen (secondary N) is 1. The molecule has 2 aromatic heterocycles. The summed E-state index contributed by atoms with van der Waals surface area (Å²) >= 11 is 1.28. The number of carbonyl (C=O) groups is 1. The summed E-state index contributed by atoms with van der Waals surface area (Å²) < 4.78 is 14.4. The zero-order chi connectivity index (χ0) is 21.6. The van der Waals surface area contributed by atoms with Crippen molar-refractivity contribution in [1.29, 1.82) is 0 Å². The predicted molar refractivity (Wildman–Crippen MR) is 117 cm³/mol. The number of Topliss-reactive ketones (excluding diaryl/α,β-unsaturated/α-hetero) is 1. The van der Waals surface area contributed by atoms with E-state index in [1.54, 1.807) is 6.92 Å². The number of H-pyrrole nitrogens is 1. The van der Waals surface area contributed by atoms with Gasteiger partial charge in [0.1, 0.15) is 10.6 Å². The highest BCUT2D eigenvalue weighted by molar-refractivity contribution is 7.17. The van der Waals surface area contributed by atoms with Crippen molar-refractivity contribution in [2.75, 3.05) is 0 Å². The predicted octanol–water partition coefficient (Wildman–Crippen LogP) is 4.37. The van der Waals surface area contributed by atoms with Gasteiger partial charge in [0.25, 0.3) is 5.56 Å². The van der Waals surface area contributed by atoms with E-state index >= 15 is 0 Å². The molecular formula is C23H19FN2O3S. The molecule has 7 heteroatoms. The SMILES string of the molecule is Cc1ccc(-c2csc3[nH]c(=O)n(CC(=O)c4ccc(F)c(C)c4)c(=O)c23)cc1C. The summed E-state index contributed by atoms with van der Waals surface area (Å²) in [6.45, 7) is 5.14. The number of hydrogen-bond donors (Lipinski definition) is 1. The molecule has 0 unspecified atom stereocenters. The number of halogens is 1. The fraction of sp³-hybridized carbons (Fsp3) is 0.174. The number of aromatic nitrogens is 2. The average molecular weight is 422 g/mol. The maximum Gasteiger partial charge on any atom is 0.329 e. The van der Waals surface area contributed by atoms with Gasteiger partial charge in [-0.3, -0.25) is 19.1 Å². The smallest absolute Gasteiger partial charge is 0.298 e. The lowest BCUT2D eigenvalue weighted by atomic mass is 10.0. The number of carbonyl (C=O) groups excluding carboxylic acids is 1. The molecule has 2 heterocycles. The van der Waals surface area contributed by atoms with E-state index in [0.29, 0.717) is 15.8 Å². The molecular weight excluding hydrogens is 403 g/mol. The number of aryl methyl sites for hydroxylation is 3. The van der Waals surface area contributed by atoms with E-state index in [4.69, 9.17) is 0 Å². The first kappa shape index (κ1) is 20.0. The van der Waals surface area contributed by atoms with E-state index in [9.17, 15) is 18.8 Å². The first-order valence-corrected chi connectivity index (χ1v) is 10.3. The lowest BCUT2D eigenvalue weighted by Gasteiger charge is -2.07. The van der Waals surface area contributed by atoms with Crippen LogP contribution in [0.25, 0.3) is 21.3 Å². The molecule has 152 valence electrons. The summed E-state index contributed by atoms with van der Waals surface area (Å²) in [4.78, 5) is 41.5. The first-order chi connectivity index (χ1) is 14.3. The Hall–Kier alpha value is -3.32. The van der Waals surface area contributed by atoms with Gasteiger partial charge in [0.15, 0.2) is 5.78 Å². The van der Waals surface area contributed by atoms with Crippen LogP contribution in [0.1, 0.15) is 27.0 Å². The van der Waals surface area contributed by atoms with Crippen LogP contribution >= 0.6 is 11.3 Å². The van der Waals surface area contributed by atoms with Crippen LogP contribution in [0.4, 0.5) is 4.39 Å². The Morgan fingerprint density at radius 2 is 1.80 bits per heavy atom. The summed E-state index contributed by atoms with van der Waals surface area (Å²) in [6, 6.07) is 9.89. The molecule has 0 saturated heterocycles. The molecule has 0 radical (unpaired) electrons. The van der Waals surface area contributed by atoms with Gasteiger partial charge in [-0.25, -0.2) is 9.18 Å². The van der Waals surface area contributed by atoms with Gasteiger partial charge in [-0.2, -0.15) is 0 Å². The van der Waals surface area contributed by atoms with Crippen LogP contribution in [0.5, 0.6) is 0 Å². The van der Waals surface area contributed by atoms with E-state index in [-0.39, 0.29) is 5.56 Å². The van der Waals surface area contributed by atoms with Crippen molar-refractivity contribution in [2.24, 2.45) is 0 Å². The Bertz CT molecular complexity index is 1430. The largest absolute Gasteiger partial charge is 0.329 e. The molecule has 0 aliphatic rings. The van der Waals surface area contributed by atoms with Crippen molar-refractivity contribution in [3.8, 4) is 11.1 Å². The van der Waals surface area contributed by atoms with Crippen LogP contribution in [0.2, 0.25) is 0 Å². The standard InChI is InChI=1S/C23H19FN2O3S/c1-12-4-5-15(8-13(12)2)17-11-30-21-20(17)22(28)26(23(29)25-21)10-19(27)16-6-7-18(24)14(3)9-16/h4-9,11H,10H2,1-3H3,(H,25,29). The number of aromatic amines is 1. The molecule has 0 bridgehead atoms. The molecule has 0 amide bonds. The van der Waals surface area contributed by atoms with Crippen molar-refractivity contribution >= 4 is 27.3 Å². The minimum absolute atomic E-state index is 0.250. The number of ketones is 1. The molecule has 2 aromatic carbocycles. The molecule has 5 nitrogen and oxygen atoms in total. The van der Waals surface area contributed by atoms with Crippen molar-refractivity contribution in [3.63, 3.8) is 0 Å². The second-order valence-electron chi connectivity index (χ2n) is 7.36. The van der Waals surface area contributed by atoms with Gasteiger partial charge in [0.2, 0.25) is 0 Å². The number of nitrogens with zero attached hydrogens (tertiary/aromatic N) is 1. The fourth-order valence-electron chi connectivity index (χ4n) is 3.37. The van der Waals surface area contributed by atoms with Gasteiger partial charge >= 0.3 is 5.69 Å². The summed E-state index contributed by atoms with van der Waals surface area (Å²) in [5.41, 5.74) is 3.25. The molecule has 0 atom stereocenters. The zero-order valence-corrected chi connectivity index (χ0v) is 17.5. The quantitative estimate of drug-likeness (QED) is 0.497. The minimum atomic E-state index is -0.645. The van der Waals surface area contributed by atoms with Gasteiger partial charge in [-0.05, 0) is 61.2 Å². The number of fused-ring (bicyclic) bond motifs is 1. The van der Waals surface area contributed by atoms with E-state index in [2.05, 4.69) is 4.98 Å². The molecule has 1 N–H and O–H groups in total. The van der Waals surface area contributed by atoms with Crippen molar-refractivity contribution < 1.29 is 9.18 Å².